The molecule has 0 aromatic carbocycles. The summed E-state index contributed by atoms with van der Waals surface area (Å²) in [5, 5.41) is 7.44. The van der Waals surface area contributed by atoms with Crippen molar-refractivity contribution >= 4 is 17.8 Å². The van der Waals surface area contributed by atoms with Crippen LogP contribution in [0.3, 0.4) is 0 Å². The molecule has 1 aliphatic rings. The summed E-state index contributed by atoms with van der Waals surface area (Å²) in [6, 6.07) is 3.93. The molecule has 0 radical (unpaired) electrons. The van der Waals surface area contributed by atoms with E-state index in [4.69, 9.17) is 15.9 Å². The smallest absolute Gasteiger partial charge is 0.404 e. The zero-order chi connectivity index (χ0) is 21.3. The van der Waals surface area contributed by atoms with E-state index in [0.717, 1.165) is 18.5 Å². The van der Waals surface area contributed by atoms with E-state index < -0.39 is 17.8 Å². The van der Waals surface area contributed by atoms with Crippen LogP contribution in [0, 0.1) is 5.41 Å². The maximum atomic E-state index is 13.1. The number of anilines is 1. The van der Waals surface area contributed by atoms with Gasteiger partial charge in [0.15, 0.2) is 0 Å². The van der Waals surface area contributed by atoms with E-state index in [0.29, 0.717) is 48.3 Å². The zero-order valence-electron chi connectivity index (χ0n) is 15.7. The largest absolute Gasteiger partial charge is 0.417 e. The highest BCUT2D eigenvalue weighted by atomic mass is 19.4. The van der Waals surface area contributed by atoms with E-state index in [2.05, 4.69) is 15.0 Å². The van der Waals surface area contributed by atoms with E-state index in [-0.39, 0.29) is 0 Å². The lowest BCUT2D eigenvalue weighted by Gasteiger charge is -2.33. The molecular formula is C19H18F3N7O. The van der Waals surface area contributed by atoms with Gasteiger partial charge in [-0.15, -0.1) is 0 Å². The van der Waals surface area contributed by atoms with Gasteiger partial charge in [0.1, 0.15) is 11.8 Å². The normalized spacial score (nSPS) is 18.0. The first-order valence-corrected chi connectivity index (χ1v) is 9.07. The van der Waals surface area contributed by atoms with Crippen LogP contribution in [0.1, 0.15) is 5.56 Å². The molecule has 30 heavy (non-hydrogen) atoms. The van der Waals surface area contributed by atoms with Crippen molar-refractivity contribution in [3.63, 3.8) is 0 Å². The Bertz CT molecular complexity index is 1110. The summed E-state index contributed by atoms with van der Waals surface area (Å²) in [5.41, 5.74) is 6.56. The number of pyridine rings is 1. The standard InChI is InChI=1S/C19H18F3N7O/c20-19(21,22)13-1-2-17-26-9-15(29(17)10-13)14-3-4-25-18(27-14)28-5-6-30-16(11-28)12(7-23)8-24/h1-4,7-10,16,23H,5-6,11,24H2/b12-8+,23-7?. The summed E-state index contributed by atoms with van der Waals surface area (Å²) in [5.74, 6) is 0.407. The molecule has 1 aliphatic heterocycles. The van der Waals surface area contributed by atoms with Crippen molar-refractivity contribution in [2.45, 2.75) is 12.3 Å². The first kappa shape index (κ1) is 19.8. The maximum absolute atomic E-state index is 13.1. The van der Waals surface area contributed by atoms with E-state index in [1.807, 2.05) is 4.90 Å². The van der Waals surface area contributed by atoms with Crippen molar-refractivity contribution < 1.29 is 17.9 Å². The quantitative estimate of drug-likeness (QED) is 0.632. The van der Waals surface area contributed by atoms with E-state index in [1.54, 1.807) is 12.3 Å². The molecule has 3 aromatic rings. The molecule has 1 fully saturated rings. The molecule has 1 saturated heterocycles. The van der Waals surface area contributed by atoms with Gasteiger partial charge in [-0.1, -0.05) is 0 Å². The average molecular weight is 417 g/mol. The van der Waals surface area contributed by atoms with E-state index >= 15 is 0 Å². The summed E-state index contributed by atoms with van der Waals surface area (Å²) in [6.07, 6.45) is 1.65. The predicted molar refractivity (Wildman–Crippen MR) is 104 cm³/mol. The molecule has 0 spiro atoms. The second-order valence-corrected chi connectivity index (χ2v) is 6.65. The number of nitrogens with two attached hydrogens (primary N) is 1. The third-order valence-corrected chi connectivity index (χ3v) is 4.82. The number of rotatable bonds is 4. The van der Waals surface area contributed by atoms with Crippen LogP contribution >= 0.6 is 0 Å². The zero-order valence-corrected chi connectivity index (χ0v) is 15.7. The van der Waals surface area contributed by atoms with Crippen LogP contribution in [-0.2, 0) is 10.9 Å². The van der Waals surface area contributed by atoms with Crippen LogP contribution in [0.4, 0.5) is 19.1 Å². The van der Waals surface area contributed by atoms with Crippen LogP contribution < -0.4 is 10.6 Å². The summed E-state index contributed by atoms with van der Waals surface area (Å²) in [7, 11) is 0. The minimum Gasteiger partial charge on any atom is -0.404 e. The van der Waals surface area contributed by atoms with Crippen LogP contribution in [0.15, 0.2) is 48.6 Å². The number of fused-ring (bicyclic) bond motifs is 1. The van der Waals surface area contributed by atoms with E-state index in [1.165, 1.54) is 22.9 Å². The first-order valence-electron chi connectivity index (χ1n) is 9.07. The monoisotopic (exact) mass is 417 g/mol. The van der Waals surface area contributed by atoms with Gasteiger partial charge in [0, 0.05) is 36.9 Å². The Morgan fingerprint density at radius 1 is 1.27 bits per heavy atom. The lowest BCUT2D eigenvalue weighted by atomic mass is 10.1. The fourth-order valence-corrected chi connectivity index (χ4v) is 3.26. The van der Waals surface area contributed by atoms with Crippen molar-refractivity contribution in [1.29, 1.82) is 5.41 Å². The van der Waals surface area contributed by atoms with Crippen LogP contribution in [-0.4, -0.2) is 51.4 Å². The second kappa shape index (κ2) is 7.75. The molecule has 0 bridgehead atoms. The Morgan fingerprint density at radius 2 is 2.10 bits per heavy atom. The Balaban J connectivity index is 1.68. The molecule has 1 unspecified atom stereocenters. The number of nitrogens with zero attached hydrogens (tertiary/aromatic N) is 5. The van der Waals surface area contributed by atoms with Crippen molar-refractivity contribution in [3.05, 3.63) is 54.1 Å². The highest BCUT2D eigenvalue weighted by molar-refractivity contribution is 5.77. The minimum absolute atomic E-state index is 0.383. The summed E-state index contributed by atoms with van der Waals surface area (Å²) >= 11 is 0. The van der Waals surface area contributed by atoms with Gasteiger partial charge in [-0.2, -0.15) is 13.2 Å². The second-order valence-electron chi connectivity index (χ2n) is 6.65. The first-order chi connectivity index (χ1) is 14.4. The summed E-state index contributed by atoms with van der Waals surface area (Å²) < 4.78 is 46.4. The van der Waals surface area contributed by atoms with Gasteiger partial charge in [0.05, 0.1) is 36.3 Å². The number of morpholine rings is 1. The van der Waals surface area contributed by atoms with Crippen molar-refractivity contribution in [1.82, 2.24) is 19.4 Å². The Morgan fingerprint density at radius 3 is 2.83 bits per heavy atom. The number of hydrogen-bond donors (Lipinski definition) is 2. The summed E-state index contributed by atoms with van der Waals surface area (Å²) in [6.45, 7) is 1.32. The van der Waals surface area contributed by atoms with Crippen LogP contribution in [0.25, 0.3) is 17.0 Å². The van der Waals surface area contributed by atoms with Gasteiger partial charge in [0.25, 0.3) is 0 Å². The molecule has 8 nitrogen and oxygen atoms in total. The van der Waals surface area contributed by atoms with Gasteiger partial charge >= 0.3 is 6.18 Å². The average Bonchev–Trinajstić information content (AvgIpc) is 3.18. The number of nitrogens with one attached hydrogen (secondary N) is 1. The fourth-order valence-electron chi connectivity index (χ4n) is 3.26. The predicted octanol–water partition coefficient (Wildman–Crippen LogP) is 2.51. The molecule has 0 amide bonds. The molecule has 4 heterocycles. The third kappa shape index (κ3) is 3.71. The number of imidazole rings is 1. The summed E-state index contributed by atoms with van der Waals surface area (Å²) in [4.78, 5) is 14.9. The van der Waals surface area contributed by atoms with Gasteiger partial charge in [0.2, 0.25) is 5.95 Å². The Kier molecular flexibility index (Phi) is 5.12. The SMILES string of the molecule is N=C/C(=C\N)C1CN(c2nccc(-c3cnc4ccc(C(F)(F)F)cn34)n2)CCO1. The lowest BCUT2D eigenvalue weighted by Crippen LogP contribution is -2.44. The number of alkyl halides is 3. The molecule has 4 rings (SSSR count). The fraction of sp³-hybridized carbons (Fsp3) is 0.263. The molecular weight excluding hydrogens is 399 g/mol. The highest BCUT2D eigenvalue weighted by Crippen LogP contribution is 2.30. The van der Waals surface area contributed by atoms with Gasteiger partial charge in [-0.25, -0.2) is 15.0 Å². The van der Waals surface area contributed by atoms with Crippen molar-refractivity contribution in [2.75, 3.05) is 24.6 Å². The van der Waals surface area contributed by atoms with Gasteiger partial charge in [-0.3, -0.25) is 4.40 Å². The van der Waals surface area contributed by atoms with Gasteiger partial charge in [-0.05, 0) is 18.2 Å². The molecule has 11 heteroatoms. The third-order valence-electron chi connectivity index (χ3n) is 4.82. The van der Waals surface area contributed by atoms with Crippen molar-refractivity contribution in [3.8, 4) is 11.4 Å². The Labute approximate surface area is 169 Å². The number of ether oxygens (including phenoxy) is 1. The minimum atomic E-state index is -4.46. The molecule has 3 aromatic heterocycles. The molecule has 156 valence electrons. The Hall–Kier alpha value is -3.47. The maximum Gasteiger partial charge on any atom is 0.417 e. The highest BCUT2D eigenvalue weighted by Gasteiger charge is 2.31. The molecule has 0 aliphatic carbocycles. The lowest BCUT2D eigenvalue weighted by molar-refractivity contribution is -0.137. The molecule has 1 atom stereocenters. The van der Waals surface area contributed by atoms with Gasteiger partial charge < -0.3 is 20.8 Å². The van der Waals surface area contributed by atoms with E-state index in [9.17, 15) is 13.2 Å². The number of aromatic nitrogens is 4. The molecule has 0 saturated carbocycles. The molecule has 3 N–H and O–H groups in total. The van der Waals surface area contributed by atoms with Crippen molar-refractivity contribution in [2.24, 2.45) is 5.73 Å². The number of halogens is 3. The van der Waals surface area contributed by atoms with Crippen LogP contribution in [0.5, 0.6) is 0 Å². The number of hydrogen-bond acceptors (Lipinski definition) is 7. The van der Waals surface area contributed by atoms with Crippen LogP contribution in [0.2, 0.25) is 0 Å². The topological polar surface area (TPSA) is 105 Å².